The molecule has 3 N–H and O–H groups in total. The third-order valence-electron chi connectivity index (χ3n) is 5.55. The van der Waals surface area contributed by atoms with Crippen LogP contribution in [0.3, 0.4) is 0 Å². The molecule has 0 bridgehead atoms. The third-order valence-corrected chi connectivity index (χ3v) is 5.55. The predicted molar refractivity (Wildman–Crippen MR) is 117 cm³/mol. The molecule has 0 aliphatic carbocycles. The summed E-state index contributed by atoms with van der Waals surface area (Å²) in [6.07, 6.45) is 5.89. The summed E-state index contributed by atoms with van der Waals surface area (Å²) in [5.41, 5.74) is 6.07. The zero-order chi connectivity index (χ0) is 20.8. The maximum Gasteiger partial charge on any atom is 0.155 e. The number of rotatable bonds is 4. The molecule has 9 heteroatoms. The molecule has 0 unspecified atom stereocenters. The van der Waals surface area contributed by atoms with Gasteiger partial charge in [0, 0.05) is 30.9 Å². The second-order valence-corrected chi connectivity index (χ2v) is 7.59. The number of benzene rings is 1. The second-order valence-electron chi connectivity index (χ2n) is 7.59. The molecule has 0 radical (unpaired) electrons. The van der Waals surface area contributed by atoms with Crippen LogP contribution in [-0.2, 0) is 13.0 Å². The average Bonchev–Trinajstić information content (AvgIpc) is 3.40. The predicted octanol–water partition coefficient (Wildman–Crippen LogP) is 3.49. The number of nitrogens with one attached hydrogen (secondary N) is 3. The molecule has 1 aromatic carbocycles. The first-order valence-corrected chi connectivity index (χ1v) is 10.1. The van der Waals surface area contributed by atoms with Gasteiger partial charge in [-0.2, -0.15) is 5.10 Å². The van der Waals surface area contributed by atoms with E-state index < -0.39 is 0 Å². The summed E-state index contributed by atoms with van der Waals surface area (Å²) in [5.74, 6) is 2.28. The van der Waals surface area contributed by atoms with Crippen LogP contribution in [0.25, 0.3) is 16.7 Å². The fourth-order valence-electron chi connectivity index (χ4n) is 4.03. The van der Waals surface area contributed by atoms with E-state index in [1.54, 1.807) is 10.8 Å². The zero-order valence-electron chi connectivity index (χ0n) is 16.9. The Bertz CT molecular complexity index is 1420. The van der Waals surface area contributed by atoms with Gasteiger partial charge in [-0.3, -0.25) is 0 Å². The van der Waals surface area contributed by atoms with Gasteiger partial charge in [0.25, 0.3) is 0 Å². The number of anilines is 2. The summed E-state index contributed by atoms with van der Waals surface area (Å²) < 4.78 is 7.76. The van der Waals surface area contributed by atoms with Crippen molar-refractivity contribution in [2.24, 2.45) is 0 Å². The molecule has 31 heavy (non-hydrogen) atoms. The van der Waals surface area contributed by atoms with Gasteiger partial charge in [0.2, 0.25) is 0 Å². The molecule has 0 fully saturated rings. The van der Waals surface area contributed by atoms with E-state index in [0.717, 1.165) is 59.0 Å². The first-order chi connectivity index (χ1) is 15.2. The van der Waals surface area contributed by atoms with Gasteiger partial charge in [0.15, 0.2) is 5.65 Å². The van der Waals surface area contributed by atoms with Crippen molar-refractivity contribution in [3.8, 4) is 11.5 Å². The monoisotopic (exact) mass is 412 g/mol. The number of pyridine rings is 1. The number of fused-ring (bicyclic) bond motifs is 4. The van der Waals surface area contributed by atoms with Crippen LogP contribution in [0.15, 0.2) is 49.2 Å². The highest BCUT2D eigenvalue weighted by molar-refractivity contribution is 5.93. The highest BCUT2D eigenvalue weighted by Gasteiger charge is 2.19. The lowest BCUT2D eigenvalue weighted by atomic mass is 10.1. The van der Waals surface area contributed by atoms with Crippen LogP contribution in [0.4, 0.5) is 11.5 Å². The molecular formula is C22H20N8O. The molecule has 0 saturated heterocycles. The maximum absolute atomic E-state index is 6.07. The first-order valence-electron chi connectivity index (χ1n) is 10.1. The molecule has 0 saturated carbocycles. The fourth-order valence-corrected chi connectivity index (χ4v) is 4.03. The van der Waals surface area contributed by atoms with E-state index in [0.29, 0.717) is 5.75 Å². The summed E-state index contributed by atoms with van der Waals surface area (Å²) in [7, 11) is 0. The lowest BCUT2D eigenvalue weighted by molar-refractivity contribution is 0.475. The molecule has 5 heterocycles. The number of ether oxygens (including phenoxy) is 1. The Balaban J connectivity index is 1.29. The summed E-state index contributed by atoms with van der Waals surface area (Å²) in [5, 5.41) is 12.1. The van der Waals surface area contributed by atoms with E-state index in [2.05, 4.69) is 41.7 Å². The molecule has 154 valence electrons. The highest BCUT2D eigenvalue weighted by Crippen LogP contribution is 2.32. The Morgan fingerprint density at radius 3 is 3.00 bits per heavy atom. The number of aromatic amines is 1. The van der Waals surface area contributed by atoms with Crippen molar-refractivity contribution in [2.45, 2.75) is 19.9 Å². The van der Waals surface area contributed by atoms with Gasteiger partial charge in [0.1, 0.15) is 35.6 Å². The van der Waals surface area contributed by atoms with Crippen molar-refractivity contribution in [3.63, 3.8) is 0 Å². The van der Waals surface area contributed by atoms with Crippen LogP contribution in [0.2, 0.25) is 0 Å². The summed E-state index contributed by atoms with van der Waals surface area (Å²) in [4.78, 5) is 16.5. The third kappa shape index (κ3) is 3.15. The van der Waals surface area contributed by atoms with E-state index in [1.807, 2.05) is 37.4 Å². The minimum absolute atomic E-state index is 0.700. The SMILES string of the molecule is Cc1cc(Nc2ncnc3[nH]c4c(c23)CNCC4)ccc1Oc1ccc2ncnn2c1. The summed E-state index contributed by atoms with van der Waals surface area (Å²) in [6.45, 7) is 3.81. The van der Waals surface area contributed by atoms with Crippen molar-refractivity contribution in [1.29, 1.82) is 0 Å². The first kappa shape index (κ1) is 17.8. The number of aromatic nitrogens is 6. The zero-order valence-corrected chi connectivity index (χ0v) is 16.9. The Hall–Kier alpha value is -3.98. The van der Waals surface area contributed by atoms with Crippen molar-refractivity contribution in [1.82, 2.24) is 34.9 Å². The summed E-state index contributed by atoms with van der Waals surface area (Å²) in [6, 6.07) is 9.75. The maximum atomic E-state index is 6.07. The lowest BCUT2D eigenvalue weighted by Crippen LogP contribution is -2.23. The number of aryl methyl sites for hydroxylation is 1. The number of hydrogen-bond donors (Lipinski definition) is 3. The molecule has 5 aromatic rings. The average molecular weight is 412 g/mol. The molecule has 0 atom stereocenters. The van der Waals surface area contributed by atoms with Crippen molar-refractivity contribution >= 4 is 28.2 Å². The quantitative estimate of drug-likeness (QED) is 0.415. The Labute approximate surface area is 177 Å². The van der Waals surface area contributed by atoms with Gasteiger partial charge in [-0.1, -0.05) is 0 Å². The van der Waals surface area contributed by atoms with E-state index in [-0.39, 0.29) is 0 Å². The Morgan fingerprint density at radius 2 is 2.06 bits per heavy atom. The molecule has 4 aromatic heterocycles. The van der Waals surface area contributed by atoms with Crippen LogP contribution in [-0.4, -0.2) is 36.1 Å². The van der Waals surface area contributed by atoms with Crippen LogP contribution >= 0.6 is 0 Å². The summed E-state index contributed by atoms with van der Waals surface area (Å²) >= 11 is 0. The van der Waals surface area contributed by atoms with Crippen molar-refractivity contribution in [3.05, 3.63) is 66.0 Å². The second kappa shape index (κ2) is 7.06. The molecule has 9 nitrogen and oxygen atoms in total. The molecular weight excluding hydrogens is 392 g/mol. The largest absolute Gasteiger partial charge is 0.455 e. The Morgan fingerprint density at radius 1 is 1.10 bits per heavy atom. The normalized spacial score (nSPS) is 13.5. The fraction of sp³-hybridized carbons (Fsp3) is 0.182. The minimum atomic E-state index is 0.700. The van der Waals surface area contributed by atoms with Gasteiger partial charge in [0.05, 0.1) is 11.6 Å². The van der Waals surface area contributed by atoms with Gasteiger partial charge >= 0.3 is 0 Å². The lowest BCUT2D eigenvalue weighted by Gasteiger charge is -2.14. The molecule has 1 aliphatic rings. The van der Waals surface area contributed by atoms with Crippen LogP contribution in [0.1, 0.15) is 16.8 Å². The molecule has 1 aliphatic heterocycles. The number of H-pyrrole nitrogens is 1. The minimum Gasteiger partial charge on any atom is -0.455 e. The van der Waals surface area contributed by atoms with Crippen molar-refractivity contribution < 1.29 is 4.74 Å². The van der Waals surface area contributed by atoms with Crippen molar-refractivity contribution in [2.75, 3.05) is 11.9 Å². The van der Waals surface area contributed by atoms with Gasteiger partial charge < -0.3 is 20.4 Å². The number of hydrogen-bond acceptors (Lipinski definition) is 7. The highest BCUT2D eigenvalue weighted by atomic mass is 16.5. The van der Waals surface area contributed by atoms with E-state index in [9.17, 15) is 0 Å². The van der Waals surface area contributed by atoms with Crippen LogP contribution < -0.4 is 15.4 Å². The molecule has 6 rings (SSSR count). The van der Waals surface area contributed by atoms with Gasteiger partial charge in [-0.05, 0) is 48.4 Å². The topological polar surface area (TPSA) is 105 Å². The smallest absolute Gasteiger partial charge is 0.155 e. The standard InChI is InChI=1S/C22H20N8O/c1-13-8-14(2-4-18(13)31-15-3-5-19-24-12-27-30(19)10-15)28-21-20-16-9-23-7-6-17(16)29-22(20)26-11-25-21/h2-5,8,10-12,23H,6-7,9H2,1H3,(H2,25,26,28,29). The van der Waals surface area contributed by atoms with Crippen LogP contribution in [0, 0.1) is 6.92 Å². The number of nitrogens with zero attached hydrogens (tertiary/aromatic N) is 5. The molecule has 0 amide bonds. The van der Waals surface area contributed by atoms with Gasteiger partial charge in [-0.15, -0.1) is 0 Å². The van der Waals surface area contributed by atoms with E-state index >= 15 is 0 Å². The Kier molecular flexibility index (Phi) is 4.07. The van der Waals surface area contributed by atoms with Gasteiger partial charge in [-0.25, -0.2) is 19.5 Å². The molecule has 0 spiro atoms. The van der Waals surface area contributed by atoms with E-state index in [1.165, 1.54) is 17.6 Å². The van der Waals surface area contributed by atoms with Crippen LogP contribution in [0.5, 0.6) is 11.5 Å². The van der Waals surface area contributed by atoms with E-state index in [4.69, 9.17) is 4.74 Å².